The smallest absolute Gasteiger partial charge is 0.326 e. The number of carbonyl (C=O) groups is 2. The van der Waals surface area contributed by atoms with Crippen LogP contribution < -0.4 is 10.6 Å². The maximum atomic E-state index is 11.7. The molecule has 0 fully saturated rings. The summed E-state index contributed by atoms with van der Waals surface area (Å²) in [6.07, 6.45) is 1.12. The van der Waals surface area contributed by atoms with E-state index in [1.165, 1.54) is 0 Å². The van der Waals surface area contributed by atoms with Gasteiger partial charge in [-0.15, -0.1) is 0 Å². The zero-order chi connectivity index (χ0) is 14.3. The molecule has 0 saturated carbocycles. The second kappa shape index (κ2) is 7.41. The molecule has 5 nitrogen and oxygen atoms in total. The lowest BCUT2D eigenvalue weighted by Gasteiger charge is -2.18. The molecule has 3 N–H and O–H groups in total. The summed E-state index contributed by atoms with van der Waals surface area (Å²) in [5.41, 5.74) is 0.972. The summed E-state index contributed by atoms with van der Waals surface area (Å²) in [4.78, 5) is 22.7. The van der Waals surface area contributed by atoms with Crippen LogP contribution in [0.25, 0.3) is 0 Å². The molecule has 5 heteroatoms. The minimum Gasteiger partial charge on any atom is -0.480 e. The average molecular weight is 264 g/mol. The monoisotopic (exact) mass is 264 g/mol. The Morgan fingerprint density at radius 2 is 1.84 bits per heavy atom. The highest BCUT2D eigenvalue weighted by Gasteiger charge is 2.19. The molecule has 0 aromatic heterocycles. The summed E-state index contributed by atoms with van der Waals surface area (Å²) in [5, 5.41) is 14.2. The van der Waals surface area contributed by atoms with Crippen molar-refractivity contribution in [3.8, 4) is 0 Å². The summed E-state index contributed by atoms with van der Waals surface area (Å²) in [6, 6.07) is 8.03. The first-order chi connectivity index (χ1) is 9.04. The molecule has 1 aromatic carbocycles. The molecule has 0 aliphatic heterocycles. The number of rotatable bonds is 6. The first-order valence-corrected chi connectivity index (χ1v) is 6.39. The summed E-state index contributed by atoms with van der Waals surface area (Å²) in [5.74, 6) is -1.01. The molecule has 0 saturated heterocycles. The molecule has 104 valence electrons. The van der Waals surface area contributed by atoms with E-state index in [1.54, 1.807) is 0 Å². The van der Waals surface area contributed by atoms with Gasteiger partial charge in [0.15, 0.2) is 0 Å². The first-order valence-electron chi connectivity index (χ1n) is 6.39. The Labute approximate surface area is 113 Å². The number of hydrogen-bond acceptors (Lipinski definition) is 2. The first kappa shape index (κ1) is 15.0. The molecule has 1 aromatic rings. The maximum absolute atomic E-state index is 11.7. The number of carboxylic acids is 1. The number of hydrogen-bond donors (Lipinski definition) is 3. The highest BCUT2D eigenvalue weighted by molar-refractivity contribution is 5.82. The van der Waals surface area contributed by atoms with Crippen molar-refractivity contribution in [2.75, 3.05) is 0 Å². The van der Waals surface area contributed by atoms with E-state index in [9.17, 15) is 9.59 Å². The molecule has 0 heterocycles. The number of nitrogens with one attached hydrogen (secondary N) is 2. The Morgan fingerprint density at radius 1 is 1.21 bits per heavy atom. The van der Waals surface area contributed by atoms with Crippen LogP contribution in [0.1, 0.15) is 38.3 Å². The van der Waals surface area contributed by atoms with E-state index in [-0.39, 0.29) is 6.04 Å². The Hall–Kier alpha value is -2.04. The Kier molecular flexibility index (Phi) is 5.85. The minimum absolute atomic E-state index is 0.169. The lowest BCUT2D eigenvalue weighted by molar-refractivity contribution is -0.139. The molecule has 0 radical (unpaired) electrons. The molecule has 0 aliphatic rings. The van der Waals surface area contributed by atoms with Crippen LogP contribution in [0.4, 0.5) is 4.79 Å². The minimum atomic E-state index is -1.01. The van der Waals surface area contributed by atoms with Crippen LogP contribution in [-0.4, -0.2) is 23.1 Å². The molecular weight excluding hydrogens is 244 g/mol. The lowest BCUT2D eigenvalue weighted by atomic mass is 10.1. The summed E-state index contributed by atoms with van der Waals surface area (Å²) in [6.45, 7) is 3.73. The third-order valence-electron chi connectivity index (χ3n) is 2.83. The van der Waals surface area contributed by atoms with Gasteiger partial charge in [0.2, 0.25) is 0 Å². The van der Waals surface area contributed by atoms with Gasteiger partial charge in [-0.1, -0.05) is 43.7 Å². The largest absolute Gasteiger partial charge is 0.480 e. The second-order valence-electron chi connectivity index (χ2n) is 4.43. The van der Waals surface area contributed by atoms with E-state index in [0.29, 0.717) is 12.8 Å². The third kappa shape index (κ3) is 4.99. The van der Waals surface area contributed by atoms with Gasteiger partial charge in [0.05, 0.1) is 6.04 Å². The van der Waals surface area contributed by atoms with Gasteiger partial charge in [-0.05, 0) is 18.9 Å². The SMILES string of the molecule is CCC[C@H](NC(=O)NC(C)c1ccccc1)C(=O)O. The maximum Gasteiger partial charge on any atom is 0.326 e. The fourth-order valence-corrected chi connectivity index (χ4v) is 1.77. The number of carbonyl (C=O) groups excluding carboxylic acids is 1. The van der Waals surface area contributed by atoms with Gasteiger partial charge in [-0.3, -0.25) is 0 Å². The zero-order valence-electron chi connectivity index (χ0n) is 11.2. The van der Waals surface area contributed by atoms with E-state index < -0.39 is 18.0 Å². The van der Waals surface area contributed by atoms with Gasteiger partial charge in [-0.2, -0.15) is 0 Å². The van der Waals surface area contributed by atoms with Gasteiger partial charge in [0.1, 0.15) is 6.04 Å². The van der Waals surface area contributed by atoms with Crippen molar-refractivity contribution in [1.82, 2.24) is 10.6 Å². The van der Waals surface area contributed by atoms with Crippen LogP contribution >= 0.6 is 0 Å². The molecule has 19 heavy (non-hydrogen) atoms. The van der Waals surface area contributed by atoms with Gasteiger partial charge in [-0.25, -0.2) is 9.59 Å². The molecule has 2 atom stereocenters. The van der Waals surface area contributed by atoms with Crippen molar-refractivity contribution in [2.45, 2.75) is 38.8 Å². The topological polar surface area (TPSA) is 78.4 Å². The van der Waals surface area contributed by atoms with Crippen molar-refractivity contribution < 1.29 is 14.7 Å². The third-order valence-corrected chi connectivity index (χ3v) is 2.83. The van der Waals surface area contributed by atoms with Crippen LogP contribution in [0.2, 0.25) is 0 Å². The second-order valence-corrected chi connectivity index (χ2v) is 4.43. The fraction of sp³-hybridized carbons (Fsp3) is 0.429. The number of aliphatic carboxylic acids is 1. The Bertz CT molecular complexity index is 420. The summed E-state index contributed by atoms with van der Waals surface area (Å²) < 4.78 is 0. The van der Waals surface area contributed by atoms with Crippen molar-refractivity contribution in [3.63, 3.8) is 0 Å². The Balaban J connectivity index is 2.52. The summed E-state index contributed by atoms with van der Waals surface area (Å²) in [7, 11) is 0. The van der Waals surface area contributed by atoms with E-state index in [0.717, 1.165) is 5.56 Å². The van der Waals surface area contributed by atoms with E-state index >= 15 is 0 Å². The van der Waals surface area contributed by atoms with E-state index in [2.05, 4.69) is 10.6 Å². The zero-order valence-corrected chi connectivity index (χ0v) is 11.2. The van der Waals surface area contributed by atoms with Crippen LogP contribution in [0.5, 0.6) is 0 Å². The molecule has 2 amide bonds. The van der Waals surface area contributed by atoms with E-state index in [1.807, 2.05) is 44.2 Å². The predicted octanol–water partition coefficient (Wildman–Crippen LogP) is 2.30. The lowest BCUT2D eigenvalue weighted by Crippen LogP contribution is -2.46. The molecule has 1 rings (SSSR count). The predicted molar refractivity (Wildman–Crippen MR) is 72.9 cm³/mol. The van der Waals surface area contributed by atoms with Crippen LogP contribution in [0.3, 0.4) is 0 Å². The average Bonchev–Trinajstić information content (AvgIpc) is 2.39. The summed E-state index contributed by atoms with van der Waals surface area (Å²) >= 11 is 0. The van der Waals surface area contributed by atoms with Gasteiger partial charge < -0.3 is 15.7 Å². The fourth-order valence-electron chi connectivity index (χ4n) is 1.77. The molecular formula is C14H20N2O3. The number of benzene rings is 1. The van der Waals surface area contributed by atoms with Crippen LogP contribution in [0.15, 0.2) is 30.3 Å². The quantitative estimate of drug-likeness (QED) is 0.737. The normalized spacial score (nSPS) is 13.4. The molecule has 0 spiro atoms. The van der Waals surface area contributed by atoms with Gasteiger partial charge in [0.25, 0.3) is 0 Å². The van der Waals surface area contributed by atoms with Gasteiger partial charge in [0, 0.05) is 0 Å². The standard InChI is InChI=1S/C14H20N2O3/c1-3-7-12(13(17)18)16-14(19)15-10(2)11-8-5-4-6-9-11/h4-6,8-10,12H,3,7H2,1-2H3,(H,17,18)(H2,15,16,19)/t10?,12-/m0/s1. The van der Waals surface area contributed by atoms with Crippen molar-refractivity contribution in [3.05, 3.63) is 35.9 Å². The number of urea groups is 1. The number of amides is 2. The molecule has 0 aliphatic carbocycles. The number of carboxylic acid groups (broad SMARTS) is 1. The highest BCUT2D eigenvalue weighted by Crippen LogP contribution is 2.10. The van der Waals surface area contributed by atoms with Crippen molar-refractivity contribution in [1.29, 1.82) is 0 Å². The molecule has 1 unspecified atom stereocenters. The van der Waals surface area contributed by atoms with Crippen LogP contribution in [-0.2, 0) is 4.79 Å². The van der Waals surface area contributed by atoms with Crippen molar-refractivity contribution >= 4 is 12.0 Å². The van der Waals surface area contributed by atoms with E-state index in [4.69, 9.17) is 5.11 Å². The Morgan fingerprint density at radius 3 is 2.37 bits per heavy atom. The van der Waals surface area contributed by atoms with Crippen molar-refractivity contribution in [2.24, 2.45) is 0 Å². The van der Waals surface area contributed by atoms with Gasteiger partial charge >= 0.3 is 12.0 Å². The molecule has 0 bridgehead atoms. The van der Waals surface area contributed by atoms with Crippen LogP contribution in [0, 0.1) is 0 Å². The highest BCUT2D eigenvalue weighted by atomic mass is 16.4.